The number of benzene rings is 3. The molecule has 3 rings (SSSR count). The van der Waals surface area contributed by atoms with Crippen molar-refractivity contribution in [2.45, 2.75) is 6.61 Å². The van der Waals surface area contributed by atoms with E-state index in [9.17, 15) is 13.6 Å². The Morgan fingerprint density at radius 3 is 2.00 bits per heavy atom. The predicted molar refractivity (Wildman–Crippen MR) is 92.9 cm³/mol. The Labute approximate surface area is 143 Å². The van der Waals surface area contributed by atoms with Crippen LogP contribution in [0.3, 0.4) is 0 Å². The van der Waals surface area contributed by atoms with Crippen LogP contribution in [-0.2, 0) is 0 Å². The SMILES string of the molecule is O=C(Nc1ccc(-c2ccccc2)cc1)c1ccc(OC(F)F)cc1. The molecule has 0 unspecified atom stereocenters. The van der Waals surface area contributed by atoms with Gasteiger partial charge in [0.1, 0.15) is 5.75 Å². The number of alkyl halides is 2. The van der Waals surface area contributed by atoms with Crippen LogP contribution in [-0.4, -0.2) is 12.5 Å². The van der Waals surface area contributed by atoms with Crippen LogP contribution in [0.1, 0.15) is 10.4 Å². The van der Waals surface area contributed by atoms with Crippen molar-refractivity contribution in [3.63, 3.8) is 0 Å². The van der Waals surface area contributed by atoms with Gasteiger partial charge in [0.15, 0.2) is 0 Å². The fourth-order valence-corrected chi connectivity index (χ4v) is 2.37. The first-order valence-electron chi connectivity index (χ1n) is 7.63. The average molecular weight is 339 g/mol. The maximum atomic E-state index is 12.2. The highest BCUT2D eigenvalue weighted by Gasteiger charge is 2.08. The first kappa shape index (κ1) is 16.6. The Morgan fingerprint density at radius 1 is 0.800 bits per heavy atom. The fraction of sp³-hybridized carbons (Fsp3) is 0.0500. The summed E-state index contributed by atoms with van der Waals surface area (Å²) in [6, 6.07) is 22.9. The van der Waals surface area contributed by atoms with Crippen molar-refractivity contribution < 1.29 is 18.3 Å². The van der Waals surface area contributed by atoms with Gasteiger partial charge in [0.2, 0.25) is 0 Å². The van der Waals surface area contributed by atoms with E-state index in [1.54, 1.807) is 0 Å². The Balaban J connectivity index is 1.66. The van der Waals surface area contributed by atoms with E-state index in [1.165, 1.54) is 24.3 Å². The molecular formula is C20H15F2NO2. The third kappa shape index (κ3) is 4.41. The number of halogens is 2. The molecule has 0 aliphatic heterocycles. The van der Waals surface area contributed by atoms with Crippen molar-refractivity contribution in [2.24, 2.45) is 0 Å². The maximum absolute atomic E-state index is 12.2. The summed E-state index contributed by atoms with van der Waals surface area (Å²) >= 11 is 0. The zero-order valence-corrected chi connectivity index (χ0v) is 13.2. The summed E-state index contributed by atoms with van der Waals surface area (Å²) in [5.41, 5.74) is 3.15. The molecule has 0 aliphatic rings. The minimum atomic E-state index is -2.89. The summed E-state index contributed by atoms with van der Waals surface area (Å²) in [6.07, 6.45) is 0. The highest BCUT2D eigenvalue weighted by Crippen LogP contribution is 2.21. The smallest absolute Gasteiger partial charge is 0.387 e. The second kappa shape index (κ2) is 7.57. The van der Waals surface area contributed by atoms with Crippen molar-refractivity contribution in [1.82, 2.24) is 0 Å². The van der Waals surface area contributed by atoms with Gasteiger partial charge in [0.25, 0.3) is 5.91 Å². The van der Waals surface area contributed by atoms with Gasteiger partial charge in [-0.3, -0.25) is 4.79 Å². The van der Waals surface area contributed by atoms with Crippen molar-refractivity contribution in [3.05, 3.63) is 84.4 Å². The minimum Gasteiger partial charge on any atom is -0.435 e. The summed E-state index contributed by atoms with van der Waals surface area (Å²) in [5, 5.41) is 2.77. The number of carbonyl (C=O) groups is 1. The van der Waals surface area contributed by atoms with Gasteiger partial charge in [-0.25, -0.2) is 0 Å². The van der Waals surface area contributed by atoms with Gasteiger partial charge in [0, 0.05) is 11.3 Å². The lowest BCUT2D eigenvalue weighted by atomic mass is 10.1. The third-order valence-corrected chi connectivity index (χ3v) is 3.59. The number of anilines is 1. The van der Waals surface area contributed by atoms with Gasteiger partial charge in [-0.15, -0.1) is 0 Å². The molecule has 0 radical (unpaired) electrons. The first-order valence-corrected chi connectivity index (χ1v) is 7.63. The number of hydrogen-bond acceptors (Lipinski definition) is 2. The van der Waals surface area contributed by atoms with Gasteiger partial charge in [0.05, 0.1) is 0 Å². The summed E-state index contributed by atoms with van der Waals surface area (Å²) in [7, 11) is 0. The van der Waals surface area contributed by atoms with E-state index in [1.807, 2.05) is 54.6 Å². The number of ether oxygens (including phenoxy) is 1. The molecule has 0 fully saturated rings. The second-order valence-electron chi connectivity index (χ2n) is 5.30. The molecule has 0 aromatic heterocycles. The van der Waals surface area contributed by atoms with Gasteiger partial charge in [-0.2, -0.15) is 8.78 Å². The largest absolute Gasteiger partial charge is 0.435 e. The molecule has 0 saturated heterocycles. The summed E-state index contributed by atoms with van der Waals surface area (Å²) < 4.78 is 28.5. The van der Waals surface area contributed by atoms with Crippen LogP contribution >= 0.6 is 0 Å². The molecule has 0 spiro atoms. The van der Waals surface area contributed by atoms with Crippen LogP contribution in [0.5, 0.6) is 5.75 Å². The summed E-state index contributed by atoms with van der Waals surface area (Å²) in [6.45, 7) is -2.89. The van der Waals surface area contributed by atoms with Crippen molar-refractivity contribution in [2.75, 3.05) is 5.32 Å². The van der Waals surface area contributed by atoms with E-state index in [0.29, 0.717) is 11.3 Å². The normalized spacial score (nSPS) is 10.5. The van der Waals surface area contributed by atoms with E-state index in [-0.39, 0.29) is 11.7 Å². The van der Waals surface area contributed by atoms with Crippen LogP contribution in [0.25, 0.3) is 11.1 Å². The molecule has 25 heavy (non-hydrogen) atoms. The van der Waals surface area contributed by atoms with Crippen LogP contribution in [0.2, 0.25) is 0 Å². The monoisotopic (exact) mass is 339 g/mol. The average Bonchev–Trinajstić information content (AvgIpc) is 2.63. The highest BCUT2D eigenvalue weighted by atomic mass is 19.3. The van der Waals surface area contributed by atoms with Crippen molar-refractivity contribution >= 4 is 11.6 Å². The third-order valence-electron chi connectivity index (χ3n) is 3.59. The van der Waals surface area contributed by atoms with E-state index in [2.05, 4.69) is 10.1 Å². The molecule has 0 bridgehead atoms. The predicted octanol–water partition coefficient (Wildman–Crippen LogP) is 5.21. The standard InChI is InChI=1S/C20H15F2NO2/c21-20(22)25-18-12-8-16(9-13-18)19(24)23-17-10-6-15(7-11-17)14-4-2-1-3-5-14/h1-13,20H,(H,23,24). The van der Waals surface area contributed by atoms with Gasteiger partial charge in [-0.05, 0) is 47.5 Å². The van der Waals surface area contributed by atoms with Crippen LogP contribution in [0.4, 0.5) is 14.5 Å². The van der Waals surface area contributed by atoms with Crippen LogP contribution < -0.4 is 10.1 Å². The zero-order chi connectivity index (χ0) is 17.6. The lowest BCUT2D eigenvalue weighted by Crippen LogP contribution is -2.11. The molecule has 126 valence electrons. The lowest BCUT2D eigenvalue weighted by Gasteiger charge is -2.08. The molecule has 1 N–H and O–H groups in total. The van der Waals surface area contributed by atoms with Gasteiger partial charge < -0.3 is 10.1 Å². The molecule has 5 heteroatoms. The van der Waals surface area contributed by atoms with E-state index < -0.39 is 6.61 Å². The molecule has 3 nitrogen and oxygen atoms in total. The quantitative estimate of drug-likeness (QED) is 0.693. The first-order chi connectivity index (χ1) is 12.1. The number of amides is 1. The minimum absolute atomic E-state index is 0.0127. The fourth-order valence-electron chi connectivity index (χ4n) is 2.37. The van der Waals surface area contributed by atoms with E-state index in [0.717, 1.165) is 11.1 Å². The number of rotatable bonds is 5. The molecule has 0 heterocycles. The van der Waals surface area contributed by atoms with Crippen LogP contribution in [0, 0.1) is 0 Å². The molecule has 1 amide bonds. The Kier molecular flexibility index (Phi) is 5.04. The van der Waals surface area contributed by atoms with Gasteiger partial charge >= 0.3 is 6.61 Å². The number of nitrogens with one attached hydrogen (secondary N) is 1. The maximum Gasteiger partial charge on any atom is 0.387 e. The Hall–Kier alpha value is -3.21. The molecular weight excluding hydrogens is 324 g/mol. The van der Waals surface area contributed by atoms with Crippen LogP contribution in [0.15, 0.2) is 78.9 Å². The molecule has 0 atom stereocenters. The van der Waals surface area contributed by atoms with Gasteiger partial charge in [-0.1, -0.05) is 42.5 Å². The molecule has 0 aliphatic carbocycles. The number of carbonyl (C=O) groups excluding carboxylic acids is 1. The zero-order valence-electron chi connectivity index (χ0n) is 13.2. The van der Waals surface area contributed by atoms with Crippen molar-refractivity contribution in [1.29, 1.82) is 0 Å². The summed E-state index contributed by atoms with van der Waals surface area (Å²) in [5.74, 6) is -0.310. The Morgan fingerprint density at radius 2 is 1.40 bits per heavy atom. The molecule has 0 saturated carbocycles. The Bertz CT molecular complexity index is 832. The van der Waals surface area contributed by atoms with E-state index in [4.69, 9.17) is 0 Å². The summed E-state index contributed by atoms with van der Waals surface area (Å²) in [4.78, 5) is 12.2. The molecule has 3 aromatic rings. The second-order valence-corrected chi connectivity index (χ2v) is 5.30. The van der Waals surface area contributed by atoms with E-state index >= 15 is 0 Å². The molecule has 3 aromatic carbocycles. The highest BCUT2D eigenvalue weighted by molar-refractivity contribution is 6.04. The lowest BCUT2D eigenvalue weighted by molar-refractivity contribution is -0.0498. The number of hydrogen-bond donors (Lipinski definition) is 1. The van der Waals surface area contributed by atoms with Crippen molar-refractivity contribution in [3.8, 4) is 16.9 Å². The topological polar surface area (TPSA) is 38.3 Å².